The summed E-state index contributed by atoms with van der Waals surface area (Å²) < 4.78 is 17.6. The molecule has 0 radical (unpaired) electrons. The third-order valence-electron chi connectivity index (χ3n) is 3.09. The van der Waals surface area contributed by atoms with Crippen molar-refractivity contribution in [2.45, 2.75) is 11.8 Å². The van der Waals surface area contributed by atoms with Crippen LogP contribution in [0.4, 0.5) is 0 Å². The zero-order chi connectivity index (χ0) is 16.2. The van der Waals surface area contributed by atoms with E-state index in [4.69, 9.17) is 4.74 Å². The Morgan fingerprint density at radius 1 is 1.00 bits per heavy atom. The molecule has 0 bridgehead atoms. The van der Waals surface area contributed by atoms with Gasteiger partial charge in [0.2, 0.25) is 5.78 Å². The Hall–Kier alpha value is -2.27. The van der Waals surface area contributed by atoms with Crippen molar-refractivity contribution in [1.82, 2.24) is 0 Å². The molecule has 4 nitrogen and oxygen atoms in total. The van der Waals surface area contributed by atoms with E-state index in [1.165, 1.54) is 6.92 Å². The average Bonchev–Trinajstić information content (AvgIpc) is 2.48. The maximum atomic E-state index is 12.7. The van der Waals surface area contributed by atoms with Crippen LogP contribution in [0.5, 0.6) is 5.75 Å². The summed E-state index contributed by atoms with van der Waals surface area (Å²) >= 11 is 0. The van der Waals surface area contributed by atoms with Crippen LogP contribution in [0.25, 0.3) is 0 Å². The Bertz CT molecular complexity index is 720. The Morgan fingerprint density at radius 3 is 2.14 bits per heavy atom. The molecule has 5 heteroatoms. The number of ketones is 1. The molecule has 0 aromatic heterocycles. The van der Waals surface area contributed by atoms with Gasteiger partial charge in [0.25, 0.3) is 0 Å². The average molecular weight is 317 g/mol. The summed E-state index contributed by atoms with van der Waals surface area (Å²) in [6.45, 7) is 1.31. The van der Waals surface area contributed by atoms with Gasteiger partial charge in [-0.1, -0.05) is 22.4 Å². The summed E-state index contributed by atoms with van der Waals surface area (Å²) in [6.07, 6.45) is 1.59. The van der Waals surface area contributed by atoms with Gasteiger partial charge >= 0.3 is 5.97 Å². The molecule has 114 valence electrons. The van der Waals surface area contributed by atoms with Gasteiger partial charge in [0.15, 0.2) is 10.6 Å². The molecule has 2 aromatic carbocycles. The van der Waals surface area contributed by atoms with E-state index in [-0.39, 0.29) is 11.5 Å². The van der Waals surface area contributed by atoms with Gasteiger partial charge in [-0.2, -0.15) is 0 Å². The number of esters is 1. The zero-order valence-electron chi connectivity index (χ0n) is 12.4. The molecular weight excluding hydrogens is 300 g/mol. The van der Waals surface area contributed by atoms with E-state index in [1.807, 2.05) is 6.07 Å². The second kappa shape index (κ2) is 6.66. The van der Waals surface area contributed by atoms with Crippen molar-refractivity contribution in [2.75, 3.05) is 12.0 Å². The first-order valence-electron chi connectivity index (χ1n) is 6.72. The molecule has 0 aliphatic heterocycles. The molecular formula is C17H17O4S+. The highest BCUT2D eigenvalue weighted by Gasteiger charge is 2.29. The summed E-state index contributed by atoms with van der Waals surface area (Å²) in [5, 5.41) is 0. The number of benzene rings is 2. The first-order valence-corrected chi connectivity index (χ1v) is 8.86. The van der Waals surface area contributed by atoms with Gasteiger partial charge in [-0.3, -0.25) is 9.59 Å². The van der Waals surface area contributed by atoms with Crippen molar-refractivity contribution < 1.29 is 18.5 Å². The Kier molecular flexibility index (Phi) is 4.88. The lowest BCUT2D eigenvalue weighted by Crippen LogP contribution is -2.21. The monoisotopic (exact) mass is 317 g/mol. The topological polar surface area (TPSA) is 60.4 Å². The van der Waals surface area contributed by atoms with Gasteiger partial charge in [-0.05, 0) is 36.4 Å². The van der Waals surface area contributed by atoms with Crippen molar-refractivity contribution in [1.29, 1.82) is 0 Å². The van der Waals surface area contributed by atoms with Crippen LogP contribution >= 0.6 is 0 Å². The maximum absolute atomic E-state index is 12.7. The SMILES string of the molecule is CC(=O)Oc1ccc(C(=O)C[S+](C)(=O)c2ccccc2)cc1. The first-order chi connectivity index (χ1) is 10.4. The first kappa shape index (κ1) is 16.1. The minimum atomic E-state index is -2.42. The largest absolute Gasteiger partial charge is 0.427 e. The van der Waals surface area contributed by atoms with Gasteiger partial charge in [0, 0.05) is 12.5 Å². The normalized spacial score (nSPS) is 13.2. The molecule has 0 aliphatic rings. The number of rotatable bonds is 5. The molecule has 0 N–H and O–H groups in total. The number of carbonyl (C=O) groups excluding carboxylic acids is 2. The molecule has 1 unspecified atom stereocenters. The summed E-state index contributed by atoms with van der Waals surface area (Å²) in [4.78, 5) is 23.8. The number of hydrogen-bond acceptors (Lipinski definition) is 4. The molecule has 0 aliphatic carbocycles. The summed E-state index contributed by atoms with van der Waals surface area (Å²) in [5.41, 5.74) is 0.446. The van der Waals surface area contributed by atoms with Crippen molar-refractivity contribution >= 4 is 21.7 Å². The molecule has 0 spiro atoms. The van der Waals surface area contributed by atoms with E-state index in [9.17, 15) is 13.8 Å². The minimum Gasteiger partial charge on any atom is -0.427 e. The van der Waals surface area contributed by atoms with Crippen LogP contribution in [0.15, 0.2) is 59.5 Å². The van der Waals surface area contributed by atoms with Crippen molar-refractivity contribution in [2.24, 2.45) is 0 Å². The fourth-order valence-electron chi connectivity index (χ4n) is 2.00. The van der Waals surface area contributed by atoms with Crippen LogP contribution in [-0.2, 0) is 18.9 Å². The fourth-order valence-corrected chi connectivity index (χ4v) is 3.57. The second-order valence-corrected chi connectivity index (χ2v) is 7.77. The van der Waals surface area contributed by atoms with E-state index >= 15 is 0 Å². The van der Waals surface area contributed by atoms with Crippen molar-refractivity contribution in [3.63, 3.8) is 0 Å². The van der Waals surface area contributed by atoms with Gasteiger partial charge in [-0.25, -0.2) is 0 Å². The van der Waals surface area contributed by atoms with Crippen molar-refractivity contribution in [3.05, 3.63) is 60.2 Å². The van der Waals surface area contributed by atoms with Crippen LogP contribution < -0.4 is 4.74 Å². The van der Waals surface area contributed by atoms with Gasteiger partial charge in [0.05, 0.1) is 0 Å². The van der Waals surface area contributed by atoms with Crippen LogP contribution in [0.3, 0.4) is 0 Å². The standard InChI is InChI=1S/C17H17O4S/c1-13(18)21-15-10-8-14(9-11-15)17(19)12-22(2,20)16-6-4-3-5-7-16/h3-11H,12H2,1-2H3/q+1. The van der Waals surface area contributed by atoms with Gasteiger partial charge < -0.3 is 4.74 Å². The second-order valence-electron chi connectivity index (χ2n) is 5.00. The Balaban J connectivity index is 2.12. The lowest BCUT2D eigenvalue weighted by atomic mass is 10.1. The quantitative estimate of drug-likeness (QED) is 0.368. The van der Waals surface area contributed by atoms with Crippen molar-refractivity contribution in [3.8, 4) is 5.75 Å². The predicted octanol–water partition coefficient (Wildman–Crippen LogP) is 2.98. The van der Waals surface area contributed by atoms with E-state index in [0.29, 0.717) is 16.2 Å². The molecule has 1 atom stereocenters. The lowest BCUT2D eigenvalue weighted by Gasteiger charge is -2.07. The zero-order valence-corrected chi connectivity index (χ0v) is 13.3. The molecule has 0 heterocycles. The predicted molar refractivity (Wildman–Crippen MR) is 85.6 cm³/mol. The van der Waals surface area contributed by atoms with E-state index < -0.39 is 15.9 Å². The molecule has 2 aromatic rings. The molecule has 2 rings (SSSR count). The molecule has 0 fully saturated rings. The number of hydrogen-bond donors (Lipinski definition) is 0. The molecule has 22 heavy (non-hydrogen) atoms. The summed E-state index contributed by atoms with van der Waals surface area (Å²) in [7, 11) is -2.42. The highest BCUT2D eigenvalue weighted by atomic mass is 32.2. The Labute approximate surface area is 130 Å². The summed E-state index contributed by atoms with van der Waals surface area (Å²) in [6, 6.07) is 15.2. The highest BCUT2D eigenvalue weighted by molar-refractivity contribution is 8.03. The lowest BCUT2D eigenvalue weighted by molar-refractivity contribution is -0.131. The van der Waals surface area contributed by atoms with Crippen LogP contribution in [0.1, 0.15) is 17.3 Å². The summed E-state index contributed by atoms with van der Waals surface area (Å²) in [5.74, 6) is -0.293. The van der Waals surface area contributed by atoms with Crippen LogP contribution in [0, 0.1) is 0 Å². The minimum absolute atomic E-state index is 0.0517. The van der Waals surface area contributed by atoms with Gasteiger partial charge in [-0.15, -0.1) is 0 Å². The Morgan fingerprint density at radius 2 is 1.59 bits per heavy atom. The maximum Gasteiger partial charge on any atom is 0.308 e. The smallest absolute Gasteiger partial charge is 0.308 e. The van der Waals surface area contributed by atoms with Crippen LogP contribution in [-0.4, -0.2) is 23.8 Å². The van der Waals surface area contributed by atoms with E-state index in [0.717, 1.165) is 0 Å². The number of Topliss-reactive ketones (excluding diaryl/α,β-unsaturated/α-hetero) is 1. The highest BCUT2D eigenvalue weighted by Crippen LogP contribution is 2.19. The molecule has 0 saturated carbocycles. The van der Waals surface area contributed by atoms with Crippen LogP contribution in [0.2, 0.25) is 0 Å². The van der Waals surface area contributed by atoms with E-state index in [2.05, 4.69) is 0 Å². The fraction of sp³-hybridized carbons (Fsp3) is 0.176. The van der Waals surface area contributed by atoms with Gasteiger partial charge in [0.1, 0.15) is 21.9 Å². The third kappa shape index (κ3) is 4.11. The number of ether oxygens (including phenoxy) is 1. The molecule has 0 saturated heterocycles. The number of carbonyl (C=O) groups is 2. The molecule has 0 amide bonds. The van der Waals surface area contributed by atoms with E-state index in [1.54, 1.807) is 54.8 Å². The third-order valence-corrected chi connectivity index (χ3v) is 5.17.